The Morgan fingerprint density at radius 3 is 2.52 bits per heavy atom. The van der Waals surface area contributed by atoms with Crippen LogP contribution in [0.2, 0.25) is 0 Å². The number of hydrogen-bond acceptors (Lipinski definition) is 2. The second-order valence-electron chi connectivity index (χ2n) is 5.26. The molecule has 21 heavy (non-hydrogen) atoms. The maximum absolute atomic E-state index is 12.6. The van der Waals surface area contributed by atoms with Gasteiger partial charge in [0.05, 0.1) is 0 Å². The summed E-state index contributed by atoms with van der Waals surface area (Å²) in [6.45, 7) is 6.97. The van der Waals surface area contributed by atoms with Crippen molar-refractivity contribution in [3.63, 3.8) is 0 Å². The Morgan fingerprint density at radius 1 is 1.14 bits per heavy atom. The molecule has 0 aliphatic rings. The highest BCUT2D eigenvalue weighted by molar-refractivity contribution is 6.06. The third kappa shape index (κ3) is 3.43. The maximum Gasteiger partial charge on any atom is 0.258 e. The molecule has 0 fully saturated rings. The number of carbonyl (C=O) groups is 1. The number of anilines is 2. The molecular weight excluding hydrogens is 260 g/mol. The Kier molecular flexibility index (Phi) is 4.63. The van der Waals surface area contributed by atoms with E-state index in [2.05, 4.69) is 12.2 Å². The molecule has 0 radical (unpaired) electrons. The highest BCUT2D eigenvalue weighted by Gasteiger charge is 2.14. The fraction of sp³-hybridized carbons (Fsp3) is 0.278. The number of rotatable bonds is 4. The highest BCUT2D eigenvalue weighted by Crippen LogP contribution is 2.20. The molecule has 3 nitrogen and oxygen atoms in total. The van der Waals surface area contributed by atoms with Crippen LogP contribution in [-0.2, 0) is 0 Å². The van der Waals surface area contributed by atoms with Crippen molar-refractivity contribution in [3.8, 4) is 0 Å². The molecule has 0 aliphatic heterocycles. The molecule has 0 aromatic heterocycles. The summed E-state index contributed by atoms with van der Waals surface area (Å²) in [6, 6.07) is 13.7. The molecule has 0 bridgehead atoms. The van der Waals surface area contributed by atoms with Crippen LogP contribution in [0.4, 0.5) is 11.4 Å². The lowest BCUT2D eigenvalue weighted by atomic mass is 10.1. The number of carbonyl (C=O) groups excluding carboxylic acids is 1. The van der Waals surface area contributed by atoms with Crippen molar-refractivity contribution >= 4 is 17.3 Å². The van der Waals surface area contributed by atoms with Gasteiger partial charge in [-0.3, -0.25) is 4.79 Å². The Balaban J connectivity index is 2.25. The predicted octanol–water partition coefficient (Wildman–Crippen LogP) is 4.01. The molecule has 0 atom stereocenters. The number of hydrogen-bond donors (Lipinski definition) is 1. The van der Waals surface area contributed by atoms with E-state index >= 15 is 0 Å². The van der Waals surface area contributed by atoms with Crippen LogP contribution >= 0.6 is 0 Å². The molecule has 0 saturated carbocycles. The Morgan fingerprint density at radius 2 is 1.90 bits per heavy atom. The van der Waals surface area contributed by atoms with E-state index in [1.54, 1.807) is 4.90 Å². The van der Waals surface area contributed by atoms with Crippen LogP contribution in [0.3, 0.4) is 0 Å². The van der Waals surface area contributed by atoms with Gasteiger partial charge in [0.25, 0.3) is 5.91 Å². The van der Waals surface area contributed by atoms with Crippen molar-refractivity contribution in [1.29, 1.82) is 0 Å². The topological polar surface area (TPSA) is 32.3 Å². The zero-order valence-corrected chi connectivity index (χ0v) is 13.1. The first kappa shape index (κ1) is 15.1. The van der Waals surface area contributed by atoms with Crippen molar-refractivity contribution in [2.24, 2.45) is 0 Å². The molecule has 1 amide bonds. The fourth-order valence-electron chi connectivity index (χ4n) is 2.33. The molecule has 2 aromatic carbocycles. The molecule has 0 unspecified atom stereocenters. The van der Waals surface area contributed by atoms with Gasteiger partial charge in [-0.2, -0.15) is 0 Å². The maximum atomic E-state index is 12.6. The van der Waals surface area contributed by atoms with Gasteiger partial charge >= 0.3 is 0 Å². The monoisotopic (exact) mass is 282 g/mol. The van der Waals surface area contributed by atoms with Gasteiger partial charge in [0.15, 0.2) is 0 Å². The average molecular weight is 282 g/mol. The molecule has 0 saturated heterocycles. The van der Waals surface area contributed by atoms with Crippen LogP contribution in [0.15, 0.2) is 42.5 Å². The quantitative estimate of drug-likeness (QED) is 0.919. The van der Waals surface area contributed by atoms with Gasteiger partial charge in [-0.1, -0.05) is 12.1 Å². The van der Waals surface area contributed by atoms with Crippen molar-refractivity contribution in [1.82, 2.24) is 0 Å². The number of nitrogens with one attached hydrogen (secondary N) is 1. The van der Waals surface area contributed by atoms with Crippen LogP contribution in [0.1, 0.15) is 28.4 Å². The number of amides is 1. The minimum Gasteiger partial charge on any atom is -0.385 e. The average Bonchev–Trinajstić information content (AvgIpc) is 2.48. The second-order valence-corrected chi connectivity index (χ2v) is 5.26. The molecule has 2 aromatic rings. The Hall–Kier alpha value is -2.29. The minimum atomic E-state index is 0.00625. The fourth-order valence-corrected chi connectivity index (χ4v) is 2.33. The summed E-state index contributed by atoms with van der Waals surface area (Å²) in [6.07, 6.45) is 0. The highest BCUT2D eigenvalue weighted by atomic mass is 16.2. The number of nitrogens with zero attached hydrogens (tertiary/aromatic N) is 1. The smallest absolute Gasteiger partial charge is 0.258 e. The van der Waals surface area contributed by atoms with Gasteiger partial charge in [-0.15, -0.1) is 0 Å². The van der Waals surface area contributed by atoms with E-state index in [9.17, 15) is 4.79 Å². The first-order valence-electron chi connectivity index (χ1n) is 7.22. The molecule has 0 spiro atoms. The molecular formula is C18H22N2O. The van der Waals surface area contributed by atoms with Crippen molar-refractivity contribution < 1.29 is 4.79 Å². The Labute approximate surface area is 126 Å². The second kappa shape index (κ2) is 6.44. The van der Waals surface area contributed by atoms with Gasteiger partial charge in [0.1, 0.15) is 0 Å². The summed E-state index contributed by atoms with van der Waals surface area (Å²) in [5.41, 5.74) is 4.92. The standard InChI is InChI=1S/C18H22N2O/c1-5-19-17-10-9-15(12-14(17)3)18(21)20(4)16-8-6-7-13(2)11-16/h6-12,19H,5H2,1-4H3. The van der Waals surface area contributed by atoms with Gasteiger partial charge in [0, 0.05) is 30.5 Å². The third-order valence-electron chi connectivity index (χ3n) is 3.53. The van der Waals surface area contributed by atoms with E-state index in [4.69, 9.17) is 0 Å². The summed E-state index contributed by atoms with van der Waals surface area (Å²) in [7, 11) is 1.81. The molecule has 3 heteroatoms. The van der Waals surface area contributed by atoms with Gasteiger partial charge in [0.2, 0.25) is 0 Å². The van der Waals surface area contributed by atoms with Crippen molar-refractivity contribution in [3.05, 3.63) is 59.2 Å². The predicted molar refractivity (Wildman–Crippen MR) is 89.3 cm³/mol. The lowest BCUT2D eigenvalue weighted by molar-refractivity contribution is 0.0993. The third-order valence-corrected chi connectivity index (χ3v) is 3.53. The van der Waals surface area contributed by atoms with E-state index < -0.39 is 0 Å². The van der Waals surface area contributed by atoms with Crippen LogP contribution in [-0.4, -0.2) is 19.5 Å². The zero-order valence-electron chi connectivity index (χ0n) is 13.1. The minimum absolute atomic E-state index is 0.00625. The lowest BCUT2D eigenvalue weighted by Crippen LogP contribution is -2.26. The van der Waals surface area contributed by atoms with Crippen molar-refractivity contribution in [2.75, 3.05) is 23.8 Å². The van der Waals surface area contributed by atoms with E-state index in [-0.39, 0.29) is 5.91 Å². The molecule has 110 valence electrons. The molecule has 0 aliphatic carbocycles. The van der Waals surface area contributed by atoms with Crippen molar-refractivity contribution in [2.45, 2.75) is 20.8 Å². The van der Waals surface area contributed by atoms with Gasteiger partial charge < -0.3 is 10.2 Å². The van der Waals surface area contributed by atoms with E-state index in [1.165, 1.54) is 0 Å². The summed E-state index contributed by atoms with van der Waals surface area (Å²) in [5.74, 6) is 0.00625. The first-order valence-corrected chi connectivity index (χ1v) is 7.22. The summed E-state index contributed by atoms with van der Waals surface area (Å²) >= 11 is 0. The SMILES string of the molecule is CCNc1ccc(C(=O)N(C)c2cccc(C)c2)cc1C. The largest absolute Gasteiger partial charge is 0.385 e. The van der Waals surface area contributed by atoms with Crippen LogP contribution in [0, 0.1) is 13.8 Å². The molecule has 0 heterocycles. The Bertz CT molecular complexity index is 649. The lowest BCUT2D eigenvalue weighted by Gasteiger charge is -2.19. The molecule has 2 rings (SSSR count). The van der Waals surface area contributed by atoms with Crippen LogP contribution < -0.4 is 10.2 Å². The summed E-state index contributed by atoms with van der Waals surface area (Å²) < 4.78 is 0. The summed E-state index contributed by atoms with van der Waals surface area (Å²) in [4.78, 5) is 14.3. The zero-order chi connectivity index (χ0) is 15.4. The van der Waals surface area contributed by atoms with Crippen LogP contribution in [0.25, 0.3) is 0 Å². The summed E-state index contributed by atoms with van der Waals surface area (Å²) in [5, 5.41) is 3.29. The van der Waals surface area contributed by atoms with Crippen LogP contribution in [0.5, 0.6) is 0 Å². The van der Waals surface area contributed by atoms with E-state index in [0.29, 0.717) is 5.56 Å². The normalized spacial score (nSPS) is 10.3. The number of benzene rings is 2. The van der Waals surface area contributed by atoms with E-state index in [1.807, 2.05) is 63.4 Å². The van der Waals surface area contributed by atoms with Gasteiger partial charge in [-0.05, 0) is 62.2 Å². The molecule has 1 N–H and O–H groups in total. The van der Waals surface area contributed by atoms with E-state index in [0.717, 1.165) is 29.0 Å². The number of aryl methyl sites for hydroxylation is 2. The van der Waals surface area contributed by atoms with Gasteiger partial charge in [-0.25, -0.2) is 0 Å². The first-order chi connectivity index (χ1) is 10.0.